The van der Waals surface area contributed by atoms with Gasteiger partial charge in [0.05, 0.1) is 12.2 Å². The summed E-state index contributed by atoms with van der Waals surface area (Å²) in [7, 11) is 0. The number of benzene rings is 2. The lowest BCUT2D eigenvalue weighted by Crippen LogP contribution is -2.29. The highest BCUT2D eigenvalue weighted by Crippen LogP contribution is 2.16. The van der Waals surface area contributed by atoms with E-state index in [-0.39, 0.29) is 12.4 Å². The van der Waals surface area contributed by atoms with Gasteiger partial charge in [0.1, 0.15) is 0 Å². The standard InChI is InChI=1S/C14H15ClN2.ClH/c1-11-2-8-14(9-3-11)17(16)10-12-4-6-13(15)7-5-12;/h2-9H,10,16H2,1H3;1H. The highest BCUT2D eigenvalue weighted by molar-refractivity contribution is 6.30. The average molecular weight is 283 g/mol. The molecule has 0 heterocycles. The van der Waals surface area contributed by atoms with Crippen molar-refractivity contribution >= 4 is 29.7 Å². The first kappa shape index (κ1) is 14.8. The molecule has 2 rings (SSSR count). The Labute approximate surface area is 119 Å². The van der Waals surface area contributed by atoms with Crippen LogP contribution in [0.15, 0.2) is 48.5 Å². The van der Waals surface area contributed by atoms with Gasteiger partial charge in [0.15, 0.2) is 0 Å². The van der Waals surface area contributed by atoms with Gasteiger partial charge in [-0.3, -0.25) is 0 Å². The predicted molar refractivity (Wildman–Crippen MR) is 80.2 cm³/mol. The van der Waals surface area contributed by atoms with Crippen molar-refractivity contribution in [1.82, 2.24) is 0 Å². The summed E-state index contributed by atoms with van der Waals surface area (Å²) in [6, 6.07) is 15.9. The molecule has 0 bridgehead atoms. The smallest absolute Gasteiger partial charge is 0.0592 e. The maximum absolute atomic E-state index is 6.02. The van der Waals surface area contributed by atoms with Crippen LogP contribution in [0.2, 0.25) is 5.02 Å². The van der Waals surface area contributed by atoms with Crippen LogP contribution in [0.4, 0.5) is 5.69 Å². The Morgan fingerprint density at radius 2 is 1.56 bits per heavy atom. The van der Waals surface area contributed by atoms with Gasteiger partial charge < -0.3 is 5.01 Å². The number of halogens is 2. The molecule has 0 aliphatic rings. The number of anilines is 1. The normalized spacial score (nSPS) is 9.72. The fourth-order valence-corrected chi connectivity index (χ4v) is 1.74. The third-order valence-electron chi connectivity index (χ3n) is 2.63. The molecule has 0 radical (unpaired) electrons. The molecule has 0 aliphatic carbocycles. The van der Waals surface area contributed by atoms with Crippen molar-refractivity contribution in [2.45, 2.75) is 13.5 Å². The van der Waals surface area contributed by atoms with E-state index in [2.05, 4.69) is 19.1 Å². The quantitative estimate of drug-likeness (QED) is 0.682. The van der Waals surface area contributed by atoms with Crippen molar-refractivity contribution in [2.24, 2.45) is 5.84 Å². The molecule has 0 fully saturated rings. The summed E-state index contributed by atoms with van der Waals surface area (Å²) >= 11 is 5.84. The molecule has 2 aromatic carbocycles. The van der Waals surface area contributed by atoms with Crippen LogP contribution >= 0.6 is 24.0 Å². The molecule has 0 saturated heterocycles. The molecule has 0 aliphatic heterocycles. The zero-order chi connectivity index (χ0) is 12.3. The summed E-state index contributed by atoms with van der Waals surface area (Å²) < 4.78 is 0. The Morgan fingerprint density at radius 3 is 2.11 bits per heavy atom. The molecule has 0 amide bonds. The van der Waals surface area contributed by atoms with E-state index in [4.69, 9.17) is 17.4 Å². The van der Waals surface area contributed by atoms with Crippen molar-refractivity contribution in [2.75, 3.05) is 5.01 Å². The second kappa shape index (κ2) is 6.64. The Hall–Kier alpha value is -1.22. The van der Waals surface area contributed by atoms with Gasteiger partial charge in [-0.2, -0.15) is 0 Å². The van der Waals surface area contributed by atoms with E-state index in [0.29, 0.717) is 6.54 Å². The van der Waals surface area contributed by atoms with Crippen molar-refractivity contribution in [1.29, 1.82) is 0 Å². The SMILES string of the molecule is Cc1ccc(N(N)Cc2ccc(Cl)cc2)cc1.Cl. The molecule has 4 heteroatoms. The number of hydrogen-bond donors (Lipinski definition) is 1. The molecule has 96 valence electrons. The summed E-state index contributed by atoms with van der Waals surface area (Å²) in [5.74, 6) is 6.02. The lowest BCUT2D eigenvalue weighted by Gasteiger charge is -2.19. The average Bonchev–Trinajstić information content (AvgIpc) is 2.33. The first-order valence-electron chi connectivity index (χ1n) is 5.48. The number of aryl methyl sites for hydroxylation is 1. The zero-order valence-electron chi connectivity index (χ0n) is 10.1. The Balaban J connectivity index is 0.00000162. The summed E-state index contributed by atoms with van der Waals surface area (Å²) in [6.45, 7) is 2.73. The third kappa shape index (κ3) is 3.91. The van der Waals surface area contributed by atoms with E-state index in [1.165, 1.54) is 5.56 Å². The van der Waals surface area contributed by atoms with Gasteiger partial charge >= 0.3 is 0 Å². The molecular weight excluding hydrogens is 267 g/mol. The van der Waals surface area contributed by atoms with E-state index < -0.39 is 0 Å². The van der Waals surface area contributed by atoms with Crippen molar-refractivity contribution in [3.8, 4) is 0 Å². The summed E-state index contributed by atoms with van der Waals surface area (Å²) in [5, 5.41) is 2.47. The Morgan fingerprint density at radius 1 is 1.00 bits per heavy atom. The van der Waals surface area contributed by atoms with Crippen LogP contribution in [0.25, 0.3) is 0 Å². The van der Waals surface area contributed by atoms with Crippen LogP contribution in [0.5, 0.6) is 0 Å². The third-order valence-corrected chi connectivity index (χ3v) is 2.88. The van der Waals surface area contributed by atoms with Crippen LogP contribution in [0.3, 0.4) is 0 Å². The highest BCUT2D eigenvalue weighted by Gasteiger charge is 2.02. The molecule has 0 spiro atoms. The lowest BCUT2D eigenvalue weighted by atomic mass is 10.2. The molecule has 0 aromatic heterocycles. The second-order valence-corrected chi connectivity index (χ2v) is 4.53. The van der Waals surface area contributed by atoms with E-state index in [1.807, 2.05) is 36.4 Å². The largest absolute Gasteiger partial charge is 0.307 e. The maximum Gasteiger partial charge on any atom is 0.0592 e. The number of nitrogens with zero attached hydrogens (tertiary/aromatic N) is 1. The van der Waals surface area contributed by atoms with Crippen molar-refractivity contribution < 1.29 is 0 Å². The molecule has 0 saturated carbocycles. The number of nitrogens with two attached hydrogens (primary N) is 1. The Bertz CT molecular complexity index is 480. The molecule has 18 heavy (non-hydrogen) atoms. The van der Waals surface area contributed by atoms with E-state index in [9.17, 15) is 0 Å². The minimum absolute atomic E-state index is 0. The van der Waals surface area contributed by atoms with Crippen molar-refractivity contribution in [3.05, 3.63) is 64.7 Å². The number of rotatable bonds is 3. The second-order valence-electron chi connectivity index (χ2n) is 4.09. The first-order chi connectivity index (χ1) is 8.15. The fraction of sp³-hybridized carbons (Fsp3) is 0.143. The van der Waals surface area contributed by atoms with Gasteiger partial charge in [-0.25, -0.2) is 5.84 Å². The van der Waals surface area contributed by atoms with E-state index in [0.717, 1.165) is 16.3 Å². The van der Waals surface area contributed by atoms with Crippen LogP contribution in [-0.4, -0.2) is 0 Å². The van der Waals surface area contributed by atoms with Crippen LogP contribution < -0.4 is 10.9 Å². The minimum atomic E-state index is 0. The van der Waals surface area contributed by atoms with Crippen LogP contribution in [0, 0.1) is 6.92 Å². The van der Waals surface area contributed by atoms with Gasteiger partial charge in [-0.1, -0.05) is 41.4 Å². The molecule has 0 atom stereocenters. The van der Waals surface area contributed by atoms with Crippen LogP contribution in [-0.2, 0) is 6.54 Å². The molecule has 2 nitrogen and oxygen atoms in total. The highest BCUT2D eigenvalue weighted by atomic mass is 35.5. The number of hydrogen-bond acceptors (Lipinski definition) is 2. The molecule has 2 aromatic rings. The molecule has 0 unspecified atom stereocenters. The van der Waals surface area contributed by atoms with Crippen LogP contribution in [0.1, 0.15) is 11.1 Å². The van der Waals surface area contributed by atoms with E-state index >= 15 is 0 Å². The summed E-state index contributed by atoms with van der Waals surface area (Å²) in [5.41, 5.74) is 3.37. The zero-order valence-corrected chi connectivity index (χ0v) is 11.7. The van der Waals surface area contributed by atoms with Gasteiger partial charge in [0.2, 0.25) is 0 Å². The van der Waals surface area contributed by atoms with Gasteiger partial charge in [0, 0.05) is 5.02 Å². The van der Waals surface area contributed by atoms with Gasteiger partial charge in [-0.15, -0.1) is 12.4 Å². The maximum atomic E-state index is 6.02. The number of hydrazine groups is 1. The molecular formula is C14H16Cl2N2. The summed E-state index contributed by atoms with van der Waals surface area (Å²) in [6.07, 6.45) is 0. The van der Waals surface area contributed by atoms with Gasteiger partial charge in [0.25, 0.3) is 0 Å². The monoisotopic (exact) mass is 282 g/mol. The minimum Gasteiger partial charge on any atom is -0.307 e. The fourth-order valence-electron chi connectivity index (χ4n) is 1.61. The Kier molecular flexibility index (Phi) is 5.48. The predicted octanol–water partition coefficient (Wildman–Crippen LogP) is 3.95. The van der Waals surface area contributed by atoms with E-state index in [1.54, 1.807) is 5.01 Å². The lowest BCUT2D eigenvalue weighted by molar-refractivity contribution is 0.853. The topological polar surface area (TPSA) is 29.3 Å². The van der Waals surface area contributed by atoms with Gasteiger partial charge in [-0.05, 0) is 36.8 Å². The first-order valence-corrected chi connectivity index (χ1v) is 5.86. The molecule has 2 N–H and O–H groups in total. The summed E-state index contributed by atoms with van der Waals surface area (Å²) in [4.78, 5) is 0. The van der Waals surface area contributed by atoms with Crippen molar-refractivity contribution in [3.63, 3.8) is 0 Å².